The van der Waals surface area contributed by atoms with Crippen LogP contribution in [-0.2, 0) is 9.53 Å². The zero-order chi connectivity index (χ0) is 11.7. The summed E-state index contributed by atoms with van der Waals surface area (Å²) in [5.74, 6) is -0.474. The first kappa shape index (κ1) is 11.3. The van der Waals surface area contributed by atoms with Crippen molar-refractivity contribution in [2.24, 2.45) is 0 Å². The van der Waals surface area contributed by atoms with Crippen molar-refractivity contribution >= 4 is 27.7 Å². The van der Waals surface area contributed by atoms with Gasteiger partial charge in [0.15, 0.2) is 5.78 Å². The van der Waals surface area contributed by atoms with Crippen molar-refractivity contribution in [1.82, 2.24) is 0 Å². The summed E-state index contributed by atoms with van der Waals surface area (Å²) >= 11 is 3.32. The molecule has 4 heteroatoms. The van der Waals surface area contributed by atoms with Crippen LogP contribution in [0.3, 0.4) is 0 Å². The number of benzene rings is 1. The van der Waals surface area contributed by atoms with Gasteiger partial charge in [0, 0.05) is 16.5 Å². The third-order valence-electron chi connectivity index (χ3n) is 2.84. The second-order valence-electron chi connectivity index (χ2n) is 3.77. The zero-order valence-corrected chi connectivity index (χ0v) is 10.4. The van der Waals surface area contributed by atoms with E-state index in [1.807, 2.05) is 12.1 Å². The van der Waals surface area contributed by atoms with Crippen LogP contribution in [0, 0.1) is 0 Å². The Kier molecular flexibility index (Phi) is 3.10. The molecule has 3 nitrogen and oxygen atoms in total. The van der Waals surface area contributed by atoms with Crippen molar-refractivity contribution in [2.75, 3.05) is 7.11 Å². The van der Waals surface area contributed by atoms with E-state index in [-0.39, 0.29) is 17.7 Å². The van der Waals surface area contributed by atoms with Gasteiger partial charge in [-0.25, -0.2) is 0 Å². The molecule has 1 aliphatic rings. The molecule has 0 bridgehead atoms. The van der Waals surface area contributed by atoms with Crippen molar-refractivity contribution < 1.29 is 14.3 Å². The number of ether oxygens (including phenoxy) is 1. The molecule has 0 N–H and O–H groups in total. The summed E-state index contributed by atoms with van der Waals surface area (Å²) in [6.45, 7) is 0. The number of rotatable bonds is 1. The predicted molar refractivity (Wildman–Crippen MR) is 62.5 cm³/mol. The van der Waals surface area contributed by atoms with Crippen LogP contribution >= 0.6 is 15.9 Å². The molecule has 1 aromatic rings. The fourth-order valence-electron chi connectivity index (χ4n) is 2.03. The first-order valence-electron chi connectivity index (χ1n) is 5.04. The fourth-order valence-corrected chi connectivity index (χ4v) is 2.39. The summed E-state index contributed by atoms with van der Waals surface area (Å²) in [6.07, 6.45) is 0.948. The molecule has 0 amide bonds. The highest BCUT2D eigenvalue weighted by atomic mass is 79.9. The molecule has 2 rings (SSSR count). The summed E-state index contributed by atoms with van der Waals surface area (Å²) in [6, 6.07) is 5.43. The Morgan fingerprint density at radius 1 is 1.50 bits per heavy atom. The van der Waals surface area contributed by atoms with Crippen molar-refractivity contribution in [3.05, 3.63) is 33.8 Å². The van der Waals surface area contributed by atoms with Crippen molar-refractivity contribution in [3.8, 4) is 0 Å². The highest BCUT2D eigenvalue weighted by Gasteiger charge is 2.31. The molecule has 0 aliphatic heterocycles. The van der Waals surface area contributed by atoms with E-state index >= 15 is 0 Å². The molecule has 1 aromatic carbocycles. The number of methoxy groups -OCH3 is 1. The van der Waals surface area contributed by atoms with Gasteiger partial charge in [-0.1, -0.05) is 22.0 Å². The third-order valence-corrected chi connectivity index (χ3v) is 3.33. The SMILES string of the molecule is COC(=O)C1CCC(=O)c2cc(Br)ccc21. The van der Waals surface area contributed by atoms with E-state index in [4.69, 9.17) is 4.74 Å². The number of carbonyl (C=O) groups excluding carboxylic acids is 2. The van der Waals surface area contributed by atoms with Crippen LogP contribution < -0.4 is 0 Å². The molecule has 0 saturated carbocycles. The Morgan fingerprint density at radius 3 is 2.94 bits per heavy atom. The first-order valence-corrected chi connectivity index (χ1v) is 5.83. The van der Waals surface area contributed by atoms with E-state index in [9.17, 15) is 9.59 Å². The molecule has 0 aromatic heterocycles. The van der Waals surface area contributed by atoms with E-state index < -0.39 is 0 Å². The minimum absolute atomic E-state index is 0.0939. The van der Waals surface area contributed by atoms with Crippen molar-refractivity contribution in [1.29, 1.82) is 0 Å². The summed E-state index contributed by atoms with van der Waals surface area (Å²) in [7, 11) is 1.37. The van der Waals surface area contributed by atoms with Gasteiger partial charge in [0.2, 0.25) is 0 Å². The molecular formula is C12H11BrO3. The zero-order valence-electron chi connectivity index (χ0n) is 8.83. The Hall–Kier alpha value is -1.16. The van der Waals surface area contributed by atoms with Gasteiger partial charge in [-0.15, -0.1) is 0 Å². The van der Waals surface area contributed by atoms with Crippen LogP contribution in [0.2, 0.25) is 0 Å². The van der Waals surface area contributed by atoms with E-state index in [0.29, 0.717) is 18.4 Å². The molecule has 0 fully saturated rings. The minimum Gasteiger partial charge on any atom is -0.469 e. The van der Waals surface area contributed by atoms with Crippen LogP contribution in [-0.4, -0.2) is 18.9 Å². The maximum absolute atomic E-state index is 11.7. The lowest BCUT2D eigenvalue weighted by atomic mass is 9.82. The lowest BCUT2D eigenvalue weighted by Gasteiger charge is -2.22. The number of hydrogen-bond acceptors (Lipinski definition) is 3. The Morgan fingerprint density at radius 2 is 2.25 bits per heavy atom. The van der Waals surface area contributed by atoms with Gasteiger partial charge in [-0.05, 0) is 24.1 Å². The number of Topliss-reactive ketones (excluding diaryl/α,β-unsaturated/α-hetero) is 1. The molecule has 0 heterocycles. The summed E-state index contributed by atoms with van der Waals surface area (Å²) in [5, 5.41) is 0. The standard InChI is InChI=1S/C12H11BrO3/c1-16-12(15)9-4-5-11(14)10-6-7(13)2-3-8(9)10/h2-3,6,9H,4-5H2,1H3. The number of hydrogen-bond donors (Lipinski definition) is 0. The largest absolute Gasteiger partial charge is 0.469 e. The van der Waals surface area contributed by atoms with Gasteiger partial charge >= 0.3 is 5.97 Å². The fraction of sp³-hybridized carbons (Fsp3) is 0.333. The van der Waals surface area contributed by atoms with Crippen molar-refractivity contribution in [2.45, 2.75) is 18.8 Å². The normalized spacial score (nSPS) is 19.1. The number of halogens is 1. The molecule has 1 unspecified atom stereocenters. The average molecular weight is 283 g/mol. The van der Waals surface area contributed by atoms with E-state index in [2.05, 4.69) is 15.9 Å². The first-order chi connectivity index (χ1) is 7.63. The van der Waals surface area contributed by atoms with Crippen LogP contribution in [0.5, 0.6) is 0 Å². The maximum Gasteiger partial charge on any atom is 0.313 e. The third kappa shape index (κ3) is 1.89. The lowest BCUT2D eigenvalue weighted by molar-refractivity contribution is -0.142. The topological polar surface area (TPSA) is 43.4 Å². The van der Waals surface area contributed by atoms with Crippen LogP contribution in [0.4, 0.5) is 0 Å². The highest BCUT2D eigenvalue weighted by molar-refractivity contribution is 9.10. The minimum atomic E-state index is -0.300. The Balaban J connectivity index is 2.48. The van der Waals surface area contributed by atoms with Gasteiger partial charge < -0.3 is 4.74 Å². The van der Waals surface area contributed by atoms with E-state index in [0.717, 1.165) is 10.0 Å². The summed E-state index contributed by atoms with van der Waals surface area (Å²) < 4.78 is 5.60. The molecule has 16 heavy (non-hydrogen) atoms. The molecule has 1 atom stereocenters. The van der Waals surface area contributed by atoms with Crippen LogP contribution in [0.15, 0.2) is 22.7 Å². The molecule has 1 aliphatic carbocycles. The molecule has 0 radical (unpaired) electrons. The predicted octanol–water partition coefficient (Wildman–Crippen LogP) is 2.68. The summed E-state index contributed by atoms with van der Waals surface area (Å²) in [5.41, 5.74) is 1.42. The number of carbonyl (C=O) groups is 2. The smallest absolute Gasteiger partial charge is 0.313 e. The van der Waals surface area contributed by atoms with Gasteiger partial charge in [-0.3, -0.25) is 9.59 Å². The lowest BCUT2D eigenvalue weighted by Crippen LogP contribution is -2.22. The van der Waals surface area contributed by atoms with E-state index in [1.165, 1.54) is 7.11 Å². The average Bonchev–Trinajstić information content (AvgIpc) is 2.29. The molecule has 0 spiro atoms. The number of esters is 1. The monoisotopic (exact) mass is 282 g/mol. The number of fused-ring (bicyclic) bond motifs is 1. The van der Waals surface area contributed by atoms with Crippen LogP contribution in [0.25, 0.3) is 0 Å². The summed E-state index contributed by atoms with van der Waals surface area (Å²) in [4.78, 5) is 23.3. The van der Waals surface area contributed by atoms with Gasteiger partial charge in [0.05, 0.1) is 13.0 Å². The second kappa shape index (κ2) is 4.37. The Bertz CT molecular complexity index is 454. The second-order valence-corrected chi connectivity index (χ2v) is 4.68. The molecular weight excluding hydrogens is 272 g/mol. The molecule has 0 saturated heterocycles. The van der Waals surface area contributed by atoms with Gasteiger partial charge in [0.25, 0.3) is 0 Å². The van der Waals surface area contributed by atoms with Gasteiger partial charge in [-0.2, -0.15) is 0 Å². The van der Waals surface area contributed by atoms with E-state index in [1.54, 1.807) is 6.07 Å². The highest BCUT2D eigenvalue weighted by Crippen LogP contribution is 2.33. The number of ketones is 1. The molecule has 84 valence electrons. The quantitative estimate of drug-likeness (QED) is 0.744. The van der Waals surface area contributed by atoms with Crippen molar-refractivity contribution in [3.63, 3.8) is 0 Å². The Labute approximate surface area is 102 Å². The van der Waals surface area contributed by atoms with Gasteiger partial charge in [0.1, 0.15) is 0 Å². The maximum atomic E-state index is 11.7. The van der Waals surface area contributed by atoms with Crippen LogP contribution in [0.1, 0.15) is 34.7 Å².